The van der Waals surface area contributed by atoms with Crippen LogP contribution in [0.1, 0.15) is 44.9 Å². The molecule has 0 bridgehead atoms. The van der Waals surface area contributed by atoms with Gasteiger partial charge in [0.25, 0.3) is 0 Å². The molecule has 2 N–H and O–H groups in total. The van der Waals surface area contributed by atoms with Crippen molar-refractivity contribution < 1.29 is 9.59 Å². The third kappa shape index (κ3) is 2.55. The van der Waals surface area contributed by atoms with Gasteiger partial charge in [-0.05, 0) is 19.3 Å². The topological polar surface area (TPSA) is 66.6 Å². The molecule has 0 aromatic rings. The van der Waals surface area contributed by atoms with Crippen molar-refractivity contribution in [1.82, 2.24) is 9.80 Å². The van der Waals surface area contributed by atoms with Crippen LogP contribution in [0, 0.1) is 5.92 Å². The van der Waals surface area contributed by atoms with Crippen LogP contribution in [-0.4, -0.2) is 53.3 Å². The second kappa shape index (κ2) is 5.72. The highest BCUT2D eigenvalue weighted by atomic mass is 16.2. The minimum atomic E-state index is 0.00107. The predicted octanol–water partition coefficient (Wildman–Crippen LogP) is 0.727. The Kier molecular flexibility index (Phi) is 3.96. The summed E-state index contributed by atoms with van der Waals surface area (Å²) in [6.07, 6.45) is 6.92. The first-order valence-electron chi connectivity index (χ1n) is 8.00. The standard InChI is InChI=1S/C15H25N3O2/c16-13-5-3-1-2-4-12(13)15(20)17-8-9-18-11(10-17)6-7-14(18)19/h11-13H,1-10,16H2. The van der Waals surface area contributed by atoms with Crippen LogP contribution in [0.2, 0.25) is 0 Å². The Morgan fingerprint density at radius 1 is 1.10 bits per heavy atom. The number of carbonyl (C=O) groups is 2. The molecule has 0 aromatic carbocycles. The number of amides is 2. The van der Waals surface area contributed by atoms with E-state index in [2.05, 4.69) is 0 Å². The van der Waals surface area contributed by atoms with Crippen molar-refractivity contribution in [3.8, 4) is 0 Å². The van der Waals surface area contributed by atoms with Crippen LogP contribution in [0.15, 0.2) is 0 Å². The molecule has 0 aromatic heterocycles. The number of fused-ring (bicyclic) bond motifs is 1. The lowest BCUT2D eigenvalue weighted by atomic mass is 9.93. The highest BCUT2D eigenvalue weighted by molar-refractivity contribution is 5.82. The van der Waals surface area contributed by atoms with Crippen LogP contribution < -0.4 is 5.73 Å². The Morgan fingerprint density at radius 2 is 1.90 bits per heavy atom. The summed E-state index contributed by atoms with van der Waals surface area (Å²) in [7, 11) is 0. The van der Waals surface area contributed by atoms with Crippen molar-refractivity contribution >= 4 is 11.8 Å². The second-order valence-electron chi connectivity index (χ2n) is 6.47. The lowest BCUT2D eigenvalue weighted by molar-refractivity contribution is -0.142. The Balaban J connectivity index is 1.64. The third-order valence-electron chi connectivity index (χ3n) is 5.19. The van der Waals surface area contributed by atoms with E-state index < -0.39 is 0 Å². The van der Waals surface area contributed by atoms with Gasteiger partial charge in [-0.15, -0.1) is 0 Å². The van der Waals surface area contributed by atoms with E-state index in [0.717, 1.165) is 32.1 Å². The van der Waals surface area contributed by atoms with E-state index in [0.29, 0.717) is 26.1 Å². The molecule has 5 heteroatoms. The van der Waals surface area contributed by atoms with Gasteiger partial charge in [-0.2, -0.15) is 0 Å². The quantitative estimate of drug-likeness (QED) is 0.720. The zero-order valence-corrected chi connectivity index (χ0v) is 12.1. The van der Waals surface area contributed by atoms with Gasteiger partial charge in [-0.3, -0.25) is 9.59 Å². The van der Waals surface area contributed by atoms with E-state index in [1.807, 2.05) is 9.80 Å². The van der Waals surface area contributed by atoms with E-state index in [-0.39, 0.29) is 29.8 Å². The minimum absolute atomic E-state index is 0.00107. The average molecular weight is 279 g/mol. The lowest BCUT2D eigenvalue weighted by Crippen LogP contribution is -2.55. The van der Waals surface area contributed by atoms with Gasteiger partial charge >= 0.3 is 0 Å². The number of carbonyl (C=O) groups excluding carboxylic acids is 2. The molecule has 3 fully saturated rings. The van der Waals surface area contributed by atoms with Crippen LogP contribution in [0.3, 0.4) is 0 Å². The zero-order chi connectivity index (χ0) is 14.1. The summed E-state index contributed by atoms with van der Waals surface area (Å²) in [5, 5.41) is 0. The van der Waals surface area contributed by atoms with Gasteiger partial charge < -0.3 is 15.5 Å². The highest BCUT2D eigenvalue weighted by Gasteiger charge is 2.39. The van der Waals surface area contributed by atoms with E-state index in [1.54, 1.807) is 0 Å². The molecule has 2 saturated heterocycles. The van der Waals surface area contributed by atoms with Crippen LogP contribution in [0.4, 0.5) is 0 Å². The first-order valence-corrected chi connectivity index (χ1v) is 8.00. The number of nitrogens with zero attached hydrogens (tertiary/aromatic N) is 2. The number of hydrogen-bond acceptors (Lipinski definition) is 3. The molecule has 1 aliphatic carbocycles. The van der Waals surface area contributed by atoms with Gasteiger partial charge in [0.1, 0.15) is 0 Å². The molecule has 112 valence electrons. The van der Waals surface area contributed by atoms with Gasteiger partial charge in [-0.1, -0.05) is 19.3 Å². The first-order chi connectivity index (χ1) is 9.66. The molecule has 2 heterocycles. The van der Waals surface area contributed by atoms with E-state index in [1.165, 1.54) is 6.42 Å². The van der Waals surface area contributed by atoms with Gasteiger partial charge in [-0.25, -0.2) is 0 Å². The molecule has 3 unspecified atom stereocenters. The average Bonchev–Trinajstić information content (AvgIpc) is 2.68. The number of nitrogens with two attached hydrogens (primary N) is 1. The monoisotopic (exact) mass is 279 g/mol. The summed E-state index contributed by atoms with van der Waals surface area (Å²) in [6, 6.07) is 0.274. The molecular weight excluding hydrogens is 254 g/mol. The fourth-order valence-electron chi connectivity index (χ4n) is 3.94. The zero-order valence-electron chi connectivity index (χ0n) is 12.1. The Hall–Kier alpha value is -1.10. The maximum Gasteiger partial charge on any atom is 0.227 e. The molecule has 20 heavy (non-hydrogen) atoms. The first kappa shape index (κ1) is 13.9. The van der Waals surface area contributed by atoms with Gasteiger partial charge in [0.2, 0.25) is 11.8 Å². The number of piperazine rings is 1. The molecule has 2 amide bonds. The summed E-state index contributed by atoms with van der Waals surface area (Å²) in [4.78, 5) is 28.3. The summed E-state index contributed by atoms with van der Waals surface area (Å²) in [5.74, 6) is 0.493. The Morgan fingerprint density at radius 3 is 2.75 bits per heavy atom. The Bertz CT molecular complexity index is 399. The maximum atomic E-state index is 12.7. The Labute approximate surface area is 120 Å². The van der Waals surface area contributed by atoms with Crippen molar-refractivity contribution in [2.75, 3.05) is 19.6 Å². The number of hydrogen-bond donors (Lipinski definition) is 1. The van der Waals surface area contributed by atoms with Crippen molar-refractivity contribution in [1.29, 1.82) is 0 Å². The highest BCUT2D eigenvalue weighted by Crippen LogP contribution is 2.27. The fraction of sp³-hybridized carbons (Fsp3) is 0.867. The van der Waals surface area contributed by atoms with Crippen molar-refractivity contribution in [2.45, 2.75) is 57.0 Å². The predicted molar refractivity (Wildman–Crippen MR) is 75.9 cm³/mol. The van der Waals surface area contributed by atoms with E-state index in [4.69, 9.17) is 5.73 Å². The number of rotatable bonds is 1. The summed E-state index contributed by atoms with van der Waals surface area (Å²) in [6.45, 7) is 2.11. The van der Waals surface area contributed by atoms with Gasteiger partial charge in [0.05, 0.1) is 5.92 Å². The molecule has 1 saturated carbocycles. The van der Waals surface area contributed by atoms with Crippen LogP contribution >= 0.6 is 0 Å². The fourth-order valence-corrected chi connectivity index (χ4v) is 3.94. The summed E-state index contributed by atoms with van der Waals surface area (Å²) < 4.78 is 0. The van der Waals surface area contributed by atoms with Gasteiger partial charge in [0.15, 0.2) is 0 Å². The minimum Gasteiger partial charge on any atom is -0.339 e. The molecule has 5 nitrogen and oxygen atoms in total. The molecule has 0 radical (unpaired) electrons. The smallest absolute Gasteiger partial charge is 0.227 e. The van der Waals surface area contributed by atoms with Crippen molar-refractivity contribution in [3.05, 3.63) is 0 Å². The largest absolute Gasteiger partial charge is 0.339 e. The third-order valence-corrected chi connectivity index (χ3v) is 5.19. The lowest BCUT2D eigenvalue weighted by Gasteiger charge is -2.39. The maximum absolute atomic E-state index is 12.7. The van der Waals surface area contributed by atoms with Crippen molar-refractivity contribution in [2.24, 2.45) is 11.7 Å². The molecular formula is C15H25N3O2. The van der Waals surface area contributed by atoms with Crippen molar-refractivity contribution in [3.63, 3.8) is 0 Å². The second-order valence-corrected chi connectivity index (χ2v) is 6.47. The van der Waals surface area contributed by atoms with E-state index in [9.17, 15) is 9.59 Å². The molecule has 3 aliphatic rings. The molecule has 0 spiro atoms. The summed E-state index contributed by atoms with van der Waals surface area (Å²) in [5.41, 5.74) is 6.20. The molecule has 3 atom stereocenters. The SMILES string of the molecule is NC1CCCCCC1C(=O)N1CCN2C(=O)CCC2C1. The van der Waals surface area contributed by atoms with Crippen LogP contribution in [0.5, 0.6) is 0 Å². The normalized spacial score (nSPS) is 34.9. The molecule has 3 rings (SSSR count). The molecule has 2 aliphatic heterocycles. The van der Waals surface area contributed by atoms with Crippen LogP contribution in [-0.2, 0) is 9.59 Å². The summed E-state index contributed by atoms with van der Waals surface area (Å²) >= 11 is 0. The van der Waals surface area contributed by atoms with Crippen LogP contribution in [0.25, 0.3) is 0 Å². The van der Waals surface area contributed by atoms with Gasteiger partial charge in [0, 0.05) is 38.1 Å². The van der Waals surface area contributed by atoms with E-state index >= 15 is 0 Å².